The summed E-state index contributed by atoms with van der Waals surface area (Å²) in [5.41, 5.74) is 0. The largest absolute Gasteiger partial charge is 0.394 e. The third kappa shape index (κ3) is 18.2. The van der Waals surface area contributed by atoms with Crippen molar-refractivity contribution in [1.82, 2.24) is 0 Å². The molecule has 0 aromatic rings. The molecule has 0 aliphatic heterocycles. The highest BCUT2D eigenvalue weighted by molar-refractivity contribution is 4.68. The van der Waals surface area contributed by atoms with Crippen molar-refractivity contribution in [3.8, 4) is 0 Å². The van der Waals surface area contributed by atoms with Crippen LogP contribution in [0.1, 0.15) is 110 Å². The van der Waals surface area contributed by atoms with Crippen molar-refractivity contribution in [2.24, 2.45) is 0 Å². The quantitative estimate of drug-likeness (QED) is 0.109. The van der Waals surface area contributed by atoms with Gasteiger partial charge in [0.15, 0.2) is 6.29 Å². The first-order valence-electron chi connectivity index (χ1n) is 13.0. The predicted molar refractivity (Wildman–Crippen MR) is 127 cm³/mol. The van der Waals surface area contributed by atoms with Crippen LogP contribution >= 0.6 is 0 Å². The molecule has 0 aliphatic rings. The third-order valence-corrected chi connectivity index (χ3v) is 5.90. The van der Waals surface area contributed by atoms with Gasteiger partial charge in [-0.1, -0.05) is 90.4 Å². The number of hydrogen-bond donors (Lipinski definition) is 5. The first-order valence-corrected chi connectivity index (χ1v) is 13.0. The first kappa shape index (κ1) is 31.7. The minimum absolute atomic E-state index is 0.152. The van der Waals surface area contributed by atoms with E-state index in [1.54, 1.807) is 0 Å². The van der Waals surface area contributed by atoms with Gasteiger partial charge in [-0.15, -0.1) is 0 Å². The second-order valence-electron chi connectivity index (χ2n) is 9.06. The van der Waals surface area contributed by atoms with Crippen molar-refractivity contribution >= 4 is 0 Å². The highest BCUT2D eigenvalue weighted by atomic mass is 16.7. The maximum atomic E-state index is 10.1. The van der Waals surface area contributed by atoms with Gasteiger partial charge in [-0.3, -0.25) is 0 Å². The molecule has 0 aromatic heterocycles. The fourth-order valence-electron chi connectivity index (χ4n) is 3.67. The van der Waals surface area contributed by atoms with Gasteiger partial charge in [0, 0.05) is 0 Å². The molecular formula is C25H52O7. The van der Waals surface area contributed by atoms with E-state index < -0.39 is 43.9 Å². The van der Waals surface area contributed by atoms with Crippen molar-refractivity contribution in [2.75, 3.05) is 19.8 Å². The van der Waals surface area contributed by atoms with Gasteiger partial charge >= 0.3 is 0 Å². The second kappa shape index (κ2) is 22.5. The Kier molecular flexibility index (Phi) is 22.3. The van der Waals surface area contributed by atoms with Crippen LogP contribution in [0.3, 0.4) is 0 Å². The molecule has 7 nitrogen and oxygen atoms in total. The van der Waals surface area contributed by atoms with Crippen LogP contribution in [0, 0.1) is 0 Å². The molecule has 0 fully saturated rings. The van der Waals surface area contributed by atoms with E-state index in [9.17, 15) is 20.4 Å². The number of rotatable bonds is 24. The average molecular weight is 465 g/mol. The SMILES string of the molecule is CCCCCCCCCCCCCCCC(O)CCOC(OC(CO)C(C)O)C(O)CO. The zero-order valence-corrected chi connectivity index (χ0v) is 20.7. The van der Waals surface area contributed by atoms with Crippen LogP contribution in [-0.2, 0) is 9.47 Å². The molecule has 0 aromatic carbocycles. The minimum Gasteiger partial charge on any atom is -0.394 e. The van der Waals surface area contributed by atoms with Crippen LogP contribution < -0.4 is 0 Å². The van der Waals surface area contributed by atoms with Crippen LogP contribution in [0.15, 0.2) is 0 Å². The van der Waals surface area contributed by atoms with E-state index in [1.807, 2.05) is 0 Å². The van der Waals surface area contributed by atoms with Gasteiger partial charge in [-0.05, 0) is 19.8 Å². The van der Waals surface area contributed by atoms with Gasteiger partial charge in [0.25, 0.3) is 0 Å². The third-order valence-electron chi connectivity index (χ3n) is 5.90. The molecule has 0 saturated carbocycles. The number of ether oxygens (including phenoxy) is 2. The lowest BCUT2D eigenvalue weighted by atomic mass is 10.0. The lowest BCUT2D eigenvalue weighted by Crippen LogP contribution is -2.42. The smallest absolute Gasteiger partial charge is 0.186 e. The molecule has 0 saturated heterocycles. The molecule has 32 heavy (non-hydrogen) atoms. The molecule has 0 heterocycles. The molecule has 194 valence electrons. The molecule has 0 rings (SSSR count). The summed E-state index contributed by atoms with van der Waals surface area (Å²) in [4.78, 5) is 0. The van der Waals surface area contributed by atoms with Crippen LogP contribution in [0.2, 0.25) is 0 Å². The van der Waals surface area contributed by atoms with E-state index in [-0.39, 0.29) is 6.61 Å². The van der Waals surface area contributed by atoms with Gasteiger partial charge in [-0.2, -0.15) is 0 Å². The second-order valence-corrected chi connectivity index (χ2v) is 9.06. The predicted octanol–water partition coefficient (Wildman–Crippen LogP) is 3.67. The summed E-state index contributed by atoms with van der Waals surface area (Å²) < 4.78 is 10.8. The lowest BCUT2D eigenvalue weighted by Gasteiger charge is -2.28. The molecule has 5 unspecified atom stereocenters. The number of aliphatic hydroxyl groups excluding tert-OH is 5. The molecular weight excluding hydrogens is 412 g/mol. The minimum atomic E-state index is -1.29. The van der Waals surface area contributed by atoms with Crippen molar-refractivity contribution in [1.29, 1.82) is 0 Å². The van der Waals surface area contributed by atoms with Crippen LogP contribution in [0.25, 0.3) is 0 Å². The summed E-state index contributed by atoms with van der Waals surface area (Å²) in [6.45, 7) is 2.87. The van der Waals surface area contributed by atoms with Crippen LogP contribution in [-0.4, -0.2) is 76.1 Å². The first-order chi connectivity index (χ1) is 15.5. The fraction of sp³-hybridized carbons (Fsp3) is 1.00. The monoisotopic (exact) mass is 464 g/mol. The summed E-state index contributed by atoms with van der Waals surface area (Å²) in [5, 5.41) is 47.9. The van der Waals surface area contributed by atoms with Gasteiger partial charge in [0.1, 0.15) is 12.2 Å². The Morgan fingerprint density at radius 2 is 1.16 bits per heavy atom. The number of unbranched alkanes of at least 4 members (excludes halogenated alkanes) is 12. The van der Waals surface area contributed by atoms with E-state index >= 15 is 0 Å². The topological polar surface area (TPSA) is 120 Å². The van der Waals surface area contributed by atoms with E-state index in [2.05, 4.69) is 6.92 Å². The molecule has 0 aliphatic carbocycles. The van der Waals surface area contributed by atoms with E-state index in [4.69, 9.17) is 14.6 Å². The highest BCUT2D eigenvalue weighted by Gasteiger charge is 2.26. The molecule has 0 spiro atoms. The van der Waals surface area contributed by atoms with Crippen molar-refractivity contribution in [3.05, 3.63) is 0 Å². The molecule has 0 radical (unpaired) electrons. The Balaban J connectivity index is 3.71. The Morgan fingerprint density at radius 3 is 1.59 bits per heavy atom. The fourth-order valence-corrected chi connectivity index (χ4v) is 3.67. The average Bonchev–Trinajstić information content (AvgIpc) is 2.78. The Hall–Kier alpha value is -0.280. The van der Waals surface area contributed by atoms with Gasteiger partial charge in [0.05, 0.1) is 32.0 Å². The molecule has 5 N–H and O–H groups in total. The number of aliphatic hydroxyl groups is 5. The number of hydrogen-bond acceptors (Lipinski definition) is 7. The molecule has 0 bridgehead atoms. The van der Waals surface area contributed by atoms with Crippen molar-refractivity contribution in [2.45, 2.75) is 141 Å². The summed E-state index contributed by atoms with van der Waals surface area (Å²) in [5.74, 6) is 0. The Morgan fingerprint density at radius 1 is 0.656 bits per heavy atom. The zero-order valence-electron chi connectivity index (χ0n) is 20.7. The van der Waals surface area contributed by atoms with E-state index in [0.29, 0.717) is 12.8 Å². The highest BCUT2D eigenvalue weighted by Crippen LogP contribution is 2.15. The van der Waals surface area contributed by atoms with Gasteiger partial charge in [-0.25, -0.2) is 0 Å². The molecule has 7 heteroatoms. The standard InChI is InChI=1S/C25H52O7/c1-3-4-5-6-7-8-9-10-11-12-13-14-15-16-22(29)17-18-31-25(23(30)19-26)32-24(20-27)21(2)28/h21-30H,3-20H2,1-2H3. The Labute approximate surface area is 196 Å². The molecule has 5 atom stereocenters. The summed E-state index contributed by atoms with van der Waals surface area (Å²) in [6, 6.07) is 0. The van der Waals surface area contributed by atoms with Crippen LogP contribution in [0.4, 0.5) is 0 Å². The van der Waals surface area contributed by atoms with Gasteiger partial charge in [0.2, 0.25) is 0 Å². The summed E-state index contributed by atoms with van der Waals surface area (Å²) in [6.07, 6.45) is 13.1. The lowest BCUT2D eigenvalue weighted by molar-refractivity contribution is -0.241. The van der Waals surface area contributed by atoms with Crippen LogP contribution in [0.5, 0.6) is 0 Å². The maximum Gasteiger partial charge on any atom is 0.186 e. The van der Waals surface area contributed by atoms with Gasteiger partial charge < -0.3 is 35.0 Å². The van der Waals surface area contributed by atoms with Crippen molar-refractivity contribution < 1.29 is 35.0 Å². The van der Waals surface area contributed by atoms with E-state index in [1.165, 1.54) is 77.6 Å². The molecule has 0 amide bonds. The zero-order chi connectivity index (χ0) is 24.0. The van der Waals surface area contributed by atoms with Crippen molar-refractivity contribution in [3.63, 3.8) is 0 Å². The summed E-state index contributed by atoms with van der Waals surface area (Å²) in [7, 11) is 0. The Bertz CT molecular complexity index is 381. The maximum absolute atomic E-state index is 10.1. The summed E-state index contributed by atoms with van der Waals surface area (Å²) >= 11 is 0. The normalized spacial score (nSPS) is 16.6. The van der Waals surface area contributed by atoms with E-state index in [0.717, 1.165) is 12.8 Å².